The summed E-state index contributed by atoms with van der Waals surface area (Å²) in [5, 5.41) is 14.9. The first-order chi connectivity index (χ1) is 20.3. The largest absolute Gasteiger partial charge is 0.444 e. The van der Waals surface area contributed by atoms with E-state index < -0.39 is 15.6 Å². The van der Waals surface area contributed by atoms with Crippen LogP contribution in [0.1, 0.15) is 40.0 Å². The second kappa shape index (κ2) is 13.7. The number of rotatable bonds is 12. The molecule has 4 rings (SSSR count). The number of hydrogen-bond donors (Lipinski definition) is 0. The molecule has 1 amide bonds. The van der Waals surface area contributed by atoms with Gasteiger partial charge in [0.2, 0.25) is 0 Å². The fourth-order valence-corrected chi connectivity index (χ4v) is 5.99. The Hall–Kier alpha value is -3.08. The number of amides is 1. The molecule has 1 aliphatic heterocycles. The normalized spacial score (nSPS) is 16.6. The van der Waals surface area contributed by atoms with E-state index in [0.29, 0.717) is 32.8 Å². The van der Waals surface area contributed by atoms with E-state index in [2.05, 4.69) is 47.6 Å². The van der Waals surface area contributed by atoms with Gasteiger partial charge in [-0.1, -0.05) is 0 Å². The molecule has 0 saturated carbocycles. The summed E-state index contributed by atoms with van der Waals surface area (Å²) in [7, 11) is 1.64. The molecule has 1 aliphatic rings. The van der Waals surface area contributed by atoms with Crippen molar-refractivity contribution < 1.29 is 14.3 Å². The maximum atomic E-state index is 12.6. The van der Waals surface area contributed by atoms with Crippen LogP contribution < -0.4 is 0 Å². The van der Waals surface area contributed by atoms with Crippen molar-refractivity contribution in [1.29, 1.82) is 5.26 Å². The Labute approximate surface area is 258 Å². The zero-order chi connectivity index (χ0) is 31.3. The third kappa shape index (κ3) is 8.97. The predicted octanol–water partition coefficient (Wildman–Crippen LogP) is 3.54. The van der Waals surface area contributed by atoms with Crippen LogP contribution >= 0.6 is 10.0 Å². The first kappa shape index (κ1) is 32.8. The average molecular weight is 611 g/mol. The molecule has 0 aliphatic carbocycles. The number of nitriles is 1. The minimum Gasteiger partial charge on any atom is -0.444 e. The predicted molar refractivity (Wildman–Crippen MR) is 175 cm³/mol. The van der Waals surface area contributed by atoms with Crippen LogP contribution in [0.4, 0.5) is 4.79 Å². The van der Waals surface area contributed by atoms with E-state index in [9.17, 15) is 10.1 Å². The first-order valence-corrected chi connectivity index (χ1v) is 18.0. The molecule has 0 radical (unpaired) electrons. The minimum atomic E-state index is -0.595. The smallest absolute Gasteiger partial charge is 0.410 e. The summed E-state index contributed by atoms with van der Waals surface area (Å²) in [6.45, 7) is 10.2. The molecule has 0 bridgehead atoms. The molecule has 0 N–H and O–H groups in total. The standard InChI is InChI=1S/C30H47BN8O3S/c1-29(2,3)42-28(40)36-13-15-38(16-14-36)30(31,10-7-8-11-32)21-39-20-24(19-35-39)26-25-9-12-37(27(25)34-22-33-26)23-41-17-18-43(4,5)6/h9,12,19-20,22H,7-8,10,13-18,21,23,31H2,1-6H3/t30-/m1/s1. The highest BCUT2D eigenvalue weighted by Crippen LogP contribution is 2.33. The molecule has 43 heavy (non-hydrogen) atoms. The number of carbonyl (C=O) groups is 1. The first-order valence-electron chi connectivity index (χ1n) is 14.9. The lowest BCUT2D eigenvalue weighted by Crippen LogP contribution is -2.60. The van der Waals surface area contributed by atoms with E-state index in [1.54, 1.807) is 11.2 Å². The second-order valence-electron chi connectivity index (χ2n) is 13.5. The van der Waals surface area contributed by atoms with Gasteiger partial charge in [-0.3, -0.25) is 4.68 Å². The number of carbonyl (C=O) groups excluding carboxylic acids is 1. The third-order valence-electron chi connectivity index (χ3n) is 7.73. The summed E-state index contributed by atoms with van der Waals surface area (Å²) in [6.07, 6.45) is 16.3. The highest BCUT2D eigenvalue weighted by atomic mass is 32.3. The topological polar surface area (TPSA) is 114 Å². The van der Waals surface area contributed by atoms with Crippen LogP contribution in [0.5, 0.6) is 0 Å². The van der Waals surface area contributed by atoms with E-state index in [4.69, 9.17) is 14.6 Å². The molecule has 1 fully saturated rings. The molecule has 0 unspecified atom stereocenters. The average Bonchev–Trinajstić information content (AvgIpc) is 3.57. The number of fused-ring (bicyclic) bond motifs is 1. The molecular formula is C30H47BN8O3S. The lowest BCUT2D eigenvalue weighted by molar-refractivity contribution is 0.00424. The molecule has 3 aromatic heterocycles. The van der Waals surface area contributed by atoms with Gasteiger partial charge in [0, 0.05) is 67.1 Å². The second-order valence-corrected chi connectivity index (χ2v) is 18.1. The fraction of sp³-hybridized carbons (Fsp3) is 0.633. The van der Waals surface area contributed by atoms with Crippen LogP contribution in [-0.4, -0.2) is 116 Å². The van der Waals surface area contributed by atoms with Gasteiger partial charge in [-0.2, -0.15) is 10.4 Å². The van der Waals surface area contributed by atoms with Crippen molar-refractivity contribution in [2.45, 2.75) is 64.3 Å². The molecule has 13 heteroatoms. The van der Waals surface area contributed by atoms with Crippen LogP contribution in [0.25, 0.3) is 22.3 Å². The number of nitrogens with zero attached hydrogens (tertiary/aromatic N) is 8. The number of piperazine rings is 1. The van der Waals surface area contributed by atoms with Crippen molar-refractivity contribution in [1.82, 2.24) is 34.1 Å². The molecule has 0 spiro atoms. The maximum absolute atomic E-state index is 12.6. The van der Waals surface area contributed by atoms with Gasteiger partial charge in [0.15, 0.2) is 0 Å². The van der Waals surface area contributed by atoms with Crippen LogP contribution in [0.15, 0.2) is 31.0 Å². The molecule has 1 atom stereocenters. The SMILES string of the molecule is B[C@@](CCCC#N)(Cn1cc(-c2ncnc3c2ccn3COCCS(C)(C)C)cn1)N1CCN(C(=O)OC(C)(C)C)CC1. The van der Waals surface area contributed by atoms with E-state index in [0.717, 1.165) is 60.6 Å². The molecule has 234 valence electrons. The van der Waals surface area contributed by atoms with Crippen molar-refractivity contribution in [3.05, 3.63) is 31.0 Å². The minimum absolute atomic E-state index is 0.239. The van der Waals surface area contributed by atoms with Crippen LogP contribution in [0.3, 0.4) is 0 Å². The van der Waals surface area contributed by atoms with Crippen molar-refractivity contribution in [3.8, 4) is 17.3 Å². The van der Waals surface area contributed by atoms with Crippen LogP contribution in [0.2, 0.25) is 0 Å². The van der Waals surface area contributed by atoms with Crippen molar-refractivity contribution in [2.24, 2.45) is 0 Å². The summed E-state index contributed by atoms with van der Waals surface area (Å²) in [6, 6.07) is 4.32. The zero-order valence-corrected chi connectivity index (χ0v) is 27.7. The zero-order valence-electron chi connectivity index (χ0n) is 26.9. The van der Waals surface area contributed by atoms with Gasteiger partial charge >= 0.3 is 6.09 Å². The van der Waals surface area contributed by atoms with Gasteiger partial charge in [0.1, 0.15) is 32.2 Å². The number of ether oxygens (including phenoxy) is 2. The Balaban J connectivity index is 1.46. The van der Waals surface area contributed by atoms with Crippen LogP contribution in [0, 0.1) is 11.3 Å². The summed E-state index contributed by atoms with van der Waals surface area (Å²) in [4.78, 5) is 26.0. The highest BCUT2D eigenvalue weighted by Gasteiger charge is 2.36. The van der Waals surface area contributed by atoms with E-state index in [1.807, 2.05) is 54.7 Å². The Morgan fingerprint density at radius 2 is 1.91 bits per heavy atom. The third-order valence-corrected chi connectivity index (χ3v) is 9.13. The Bertz CT molecular complexity index is 1420. The molecule has 4 heterocycles. The van der Waals surface area contributed by atoms with E-state index >= 15 is 0 Å². The van der Waals surface area contributed by atoms with E-state index in [1.165, 1.54) is 0 Å². The Morgan fingerprint density at radius 1 is 1.16 bits per heavy atom. The summed E-state index contributed by atoms with van der Waals surface area (Å²) in [5.41, 5.74) is 1.85. The van der Waals surface area contributed by atoms with Crippen molar-refractivity contribution >= 4 is 35.0 Å². The van der Waals surface area contributed by atoms with E-state index in [-0.39, 0.29) is 11.5 Å². The quantitative estimate of drug-likeness (QED) is 0.226. The maximum Gasteiger partial charge on any atom is 0.410 e. The Morgan fingerprint density at radius 3 is 2.58 bits per heavy atom. The number of aromatic nitrogens is 5. The number of hydrogen-bond acceptors (Lipinski definition) is 8. The molecule has 1 saturated heterocycles. The fourth-order valence-electron chi connectivity index (χ4n) is 5.37. The molecule has 0 aromatic carbocycles. The van der Waals surface area contributed by atoms with Gasteiger partial charge in [0.05, 0.1) is 31.1 Å². The Kier molecular flexibility index (Phi) is 10.5. The van der Waals surface area contributed by atoms with Crippen molar-refractivity contribution in [2.75, 3.05) is 57.3 Å². The van der Waals surface area contributed by atoms with Gasteiger partial charge in [-0.15, -0.1) is 0 Å². The molecule has 3 aromatic rings. The van der Waals surface area contributed by atoms with Gasteiger partial charge in [-0.05, 0) is 58.4 Å². The van der Waals surface area contributed by atoms with Gasteiger partial charge < -0.3 is 23.8 Å². The highest BCUT2D eigenvalue weighted by molar-refractivity contribution is 8.32. The van der Waals surface area contributed by atoms with Crippen molar-refractivity contribution in [3.63, 3.8) is 0 Å². The lowest BCUT2D eigenvalue weighted by atomic mass is 9.71. The molecule has 11 nitrogen and oxygen atoms in total. The summed E-state index contributed by atoms with van der Waals surface area (Å²) in [5.74, 6) is 1.07. The van der Waals surface area contributed by atoms with Crippen LogP contribution in [-0.2, 0) is 22.7 Å². The number of unbranched alkanes of at least 4 members (excludes halogenated alkanes) is 1. The molecular weight excluding hydrogens is 563 g/mol. The summed E-state index contributed by atoms with van der Waals surface area (Å²) >= 11 is 0. The lowest BCUT2D eigenvalue weighted by Gasteiger charge is -2.46. The van der Waals surface area contributed by atoms with Gasteiger partial charge in [-0.25, -0.2) is 24.8 Å². The van der Waals surface area contributed by atoms with Gasteiger partial charge in [0.25, 0.3) is 0 Å². The summed E-state index contributed by atoms with van der Waals surface area (Å²) < 4.78 is 15.5. The monoisotopic (exact) mass is 610 g/mol.